The van der Waals surface area contributed by atoms with Crippen molar-refractivity contribution in [2.24, 2.45) is 0 Å². The summed E-state index contributed by atoms with van der Waals surface area (Å²) in [5.41, 5.74) is 2.48. The molecule has 1 aromatic carbocycles. The third-order valence-corrected chi connectivity index (χ3v) is 6.89. The average molecular weight is 408 g/mol. The van der Waals surface area contributed by atoms with E-state index in [1.807, 2.05) is 29.0 Å². The van der Waals surface area contributed by atoms with Crippen molar-refractivity contribution in [2.75, 3.05) is 26.2 Å². The Labute approximate surface area is 169 Å². The van der Waals surface area contributed by atoms with Crippen LogP contribution >= 0.6 is 0 Å². The van der Waals surface area contributed by atoms with E-state index in [9.17, 15) is 8.42 Å². The normalized spacial score (nSPS) is 15.8. The standard InChI is InChI=1S/C20H20N6O2S/c21-15-17-1-3-19(4-2-17)29(27,28)25-13-11-24(12-14-25)16-26-20(7-10-23-26)18-5-8-22-9-6-18/h1-10H,11-14,16H2. The van der Waals surface area contributed by atoms with Gasteiger partial charge in [0.1, 0.15) is 0 Å². The van der Waals surface area contributed by atoms with Crippen LogP contribution in [0.2, 0.25) is 0 Å². The van der Waals surface area contributed by atoms with E-state index in [1.165, 1.54) is 28.6 Å². The predicted octanol–water partition coefficient (Wildman–Crippen LogP) is 1.78. The molecule has 0 amide bonds. The van der Waals surface area contributed by atoms with Crippen molar-refractivity contribution >= 4 is 10.0 Å². The van der Waals surface area contributed by atoms with Crippen molar-refractivity contribution in [3.8, 4) is 17.3 Å². The van der Waals surface area contributed by atoms with Gasteiger partial charge in [-0.2, -0.15) is 14.7 Å². The molecule has 29 heavy (non-hydrogen) atoms. The summed E-state index contributed by atoms with van der Waals surface area (Å²) in [6, 6.07) is 13.9. The molecule has 0 bridgehead atoms. The number of pyridine rings is 1. The van der Waals surface area contributed by atoms with Crippen LogP contribution in [0, 0.1) is 11.3 Å². The molecule has 0 unspecified atom stereocenters. The Balaban J connectivity index is 1.41. The minimum Gasteiger partial charge on any atom is -0.282 e. The van der Waals surface area contributed by atoms with Gasteiger partial charge in [-0.05, 0) is 42.5 Å². The Morgan fingerprint density at radius 2 is 1.62 bits per heavy atom. The third kappa shape index (κ3) is 4.05. The number of nitriles is 1. The van der Waals surface area contributed by atoms with E-state index in [-0.39, 0.29) is 4.90 Å². The van der Waals surface area contributed by atoms with Crippen molar-refractivity contribution in [3.63, 3.8) is 0 Å². The minimum absolute atomic E-state index is 0.219. The number of nitrogens with zero attached hydrogens (tertiary/aromatic N) is 6. The fourth-order valence-electron chi connectivity index (χ4n) is 3.36. The van der Waals surface area contributed by atoms with Crippen molar-refractivity contribution in [1.82, 2.24) is 24.0 Å². The molecule has 1 saturated heterocycles. The zero-order chi connectivity index (χ0) is 20.3. The van der Waals surface area contributed by atoms with E-state index in [1.54, 1.807) is 18.6 Å². The highest BCUT2D eigenvalue weighted by molar-refractivity contribution is 7.89. The summed E-state index contributed by atoms with van der Waals surface area (Å²) in [7, 11) is -3.56. The van der Waals surface area contributed by atoms with E-state index in [2.05, 4.69) is 15.0 Å². The van der Waals surface area contributed by atoms with Gasteiger partial charge in [0.05, 0.1) is 28.9 Å². The molecule has 0 radical (unpaired) electrons. The minimum atomic E-state index is -3.56. The van der Waals surface area contributed by atoms with Crippen LogP contribution in [0.1, 0.15) is 5.56 Å². The summed E-state index contributed by atoms with van der Waals surface area (Å²) in [5.74, 6) is 0. The van der Waals surface area contributed by atoms with Gasteiger partial charge in [0.2, 0.25) is 10.0 Å². The highest BCUT2D eigenvalue weighted by Crippen LogP contribution is 2.20. The number of sulfonamides is 1. The Morgan fingerprint density at radius 3 is 2.28 bits per heavy atom. The largest absolute Gasteiger partial charge is 0.282 e. The van der Waals surface area contributed by atoms with Gasteiger partial charge in [0.25, 0.3) is 0 Å². The number of benzene rings is 1. The van der Waals surface area contributed by atoms with E-state index >= 15 is 0 Å². The molecule has 0 N–H and O–H groups in total. The molecule has 3 heterocycles. The number of rotatable bonds is 5. The van der Waals surface area contributed by atoms with Gasteiger partial charge in [-0.3, -0.25) is 14.6 Å². The second kappa shape index (κ2) is 8.13. The molecule has 0 aliphatic carbocycles. The van der Waals surface area contributed by atoms with E-state index in [0.717, 1.165) is 11.3 Å². The first-order valence-electron chi connectivity index (χ1n) is 9.23. The summed E-state index contributed by atoms with van der Waals surface area (Å²) in [4.78, 5) is 6.45. The van der Waals surface area contributed by atoms with E-state index in [4.69, 9.17) is 5.26 Å². The fourth-order valence-corrected chi connectivity index (χ4v) is 4.79. The van der Waals surface area contributed by atoms with Crippen LogP contribution in [0.3, 0.4) is 0 Å². The maximum atomic E-state index is 12.9. The molecule has 148 valence electrons. The Hall–Kier alpha value is -3.06. The molecule has 9 heteroatoms. The molecule has 1 fully saturated rings. The molecule has 0 spiro atoms. The van der Waals surface area contributed by atoms with Gasteiger partial charge in [-0.15, -0.1) is 0 Å². The van der Waals surface area contributed by atoms with Gasteiger partial charge >= 0.3 is 0 Å². The molecule has 1 aliphatic rings. The molecule has 0 atom stereocenters. The van der Waals surface area contributed by atoms with Crippen LogP contribution in [0.4, 0.5) is 0 Å². The lowest BCUT2D eigenvalue weighted by Gasteiger charge is -2.34. The highest BCUT2D eigenvalue weighted by Gasteiger charge is 2.28. The van der Waals surface area contributed by atoms with Gasteiger partial charge < -0.3 is 0 Å². The van der Waals surface area contributed by atoms with Gasteiger partial charge in [-0.1, -0.05) is 0 Å². The smallest absolute Gasteiger partial charge is 0.243 e. The Kier molecular flexibility index (Phi) is 5.40. The lowest BCUT2D eigenvalue weighted by atomic mass is 10.2. The summed E-state index contributed by atoms with van der Waals surface area (Å²) in [6.07, 6.45) is 5.26. The zero-order valence-corrected chi connectivity index (χ0v) is 16.5. The zero-order valence-electron chi connectivity index (χ0n) is 15.7. The van der Waals surface area contributed by atoms with Crippen LogP contribution in [-0.4, -0.2) is 58.6 Å². The van der Waals surface area contributed by atoms with E-state index in [0.29, 0.717) is 38.4 Å². The van der Waals surface area contributed by atoms with Crippen LogP contribution in [0.5, 0.6) is 0 Å². The molecule has 8 nitrogen and oxygen atoms in total. The van der Waals surface area contributed by atoms with Crippen molar-refractivity contribution in [1.29, 1.82) is 5.26 Å². The van der Waals surface area contributed by atoms with Gasteiger partial charge in [0.15, 0.2) is 0 Å². The summed E-state index contributed by atoms with van der Waals surface area (Å²) >= 11 is 0. The lowest BCUT2D eigenvalue weighted by molar-refractivity contribution is 0.146. The first-order chi connectivity index (χ1) is 14.1. The molecule has 0 saturated carbocycles. The summed E-state index contributed by atoms with van der Waals surface area (Å²) in [6.45, 7) is 2.65. The van der Waals surface area contributed by atoms with Crippen LogP contribution in [0.15, 0.2) is 66.0 Å². The van der Waals surface area contributed by atoms with Crippen LogP contribution < -0.4 is 0 Å². The number of piperazine rings is 1. The topological polar surface area (TPSA) is 95.1 Å². The molecule has 4 rings (SSSR count). The Morgan fingerprint density at radius 1 is 0.931 bits per heavy atom. The number of aromatic nitrogens is 3. The SMILES string of the molecule is N#Cc1ccc(S(=O)(=O)N2CCN(Cn3nccc3-c3ccncc3)CC2)cc1. The molecular weight excluding hydrogens is 388 g/mol. The lowest BCUT2D eigenvalue weighted by Crippen LogP contribution is -2.48. The average Bonchev–Trinajstić information content (AvgIpc) is 3.23. The summed E-state index contributed by atoms with van der Waals surface area (Å²) in [5, 5.41) is 13.3. The molecule has 1 aliphatic heterocycles. The van der Waals surface area contributed by atoms with E-state index < -0.39 is 10.0 Å². The third-order valence-electron chi connectivity index (χ3n) is 4.98. The summed E-state index contributed by atoms with van der Waals surface area (Å²) < 4.78 is 29.1. The molecular formula is C20H20N6O2S. The number of hydrogen-bond donors (Lipinski definition) is 0. The van der Waals surface area contributed by atoms with Crippen LogP contribution in [-0.2, 0) is 16.7 Å². The van der Waals surface area contributed by atoms with Crippen molar-refractivity contribution in [3.05, 3.63) is 66.6 Å². The first-order valence-corrected chi connectivity index (χ1v) is 10.7. The first kappa shape index (κ1) is 19.3. The highest BCUT2D eigenvalue weighted by atomic mass is 32.2. The number of hydrogen-bond acceptors (Lipinski definition) is 6. The quantitative estimate of drug-likeness (QED) is 0.639. The molecule has 3 aromatic rings. The maximum Gasteiger partial charge on any atom is 0.243 e. The monoisotopic (exact) mass is 408 g/mol. The predicted molar refractivity (Wildman–Crippen MR) is 107 cm³/mol. The van der Waals surface area contributed by atoms with Crippen LogP contribution in [0.25, 0.3) is 11.3 Å². The molecule has 2 aromatic heterocycles. The second-order valence-corrected chi connectivity index (χ2v) is 8.69. The van der Waals surface area contributed by atoms with Crippen molar-refractivity contribution < 1.29 is 8.42 Å². The van der Waals surface area contributed by atoms with Gasteiger partial charge in [0, 0.05) is 50.3 Å². The second-order valence-electron chi connectivity index (χ2n) is 6.75. The van der Waals surface area contributed by atoms with Gasteiger partial charge in [-0.25, -0.2) is 8.42 Å². The fraction of sp³-hybridized carbons (Fsp3) is 0.250. The van der Waals surface area contributed by atoms with Crippen molar-refractivity contribution in [2.45, 2.75) is 11.6 Å². The maximum absolute atomic E-state index is 12.9. The Bertz CT molecular complexity index is 1110.